The molecule has 1 aromatic carbocycles. The minimum Gasteiger partial charge on any atom is -0.388 e. The Bertz CT molecular complexity index is 750. The second kappa shape index (κ2) is 9.96. The number of carbonyl (C=O) groups is 1. The number of hydrogen-bond acceptors (Lipinski definition) is 6. The van der Waals surface area contributed by atoms with Gasteiger partial charge in [0.2, 0.25) is 5.91 Å². The zero-order valence-electron chi connectivity index (χ0n) is 18.9. The average molecular weight is 432 g/mol. The van der Waals surface area contributed by atoms with E-state index in [0.717, 1.165) is 58.8 Å². The van der Waals surface area contributed by atoms with Crippen molar-refractivity contribution < 1.29 is 19.4 Å². The van der Waals surface area contributed by atoms with Gasteiger partial charge in [0.15, 0.2) is 0 Å². The van der Waals surface area contributed by atoms with Crippen molar-refractivity contribution in [3.63, 3.8) is 0 Å². The molecule has 0 saturated carbocycles. The Kier molecular flexibility index (Phi) is 7.29. The highest BCUT2D eigenvalue weighted by molar-refractivity contribution is 5.73. The topological polar surface area (TPSA) is 74.3 Å². The Balaban J connectivity index is 1.44. The molecule has 31 heavy (non-hydrogen) atoms. The first-order chi connectivity index (χ1) is 14.9. The molecule has 4 rings (SSSR count). The van der Waals surface area contributed by atoms with Crippen LogP contribution in [0.2, 0.25) is 0 Å². The number of benzene rings is 1. The number of fused-ring (bicyclic) bond motifs is 1. The maximum absolute atomic E-state index is 11.6. The molecule has 1 amide bonds. The van der Waals surface area contributed by atoms with Crippen LogP contribution in [0, 0.1) is 0 Å². The zero-order valence-corrected chi connectivity index (χ0v) is 18.9. The Hall–Kier alpha value is -1.51. The lowest BCUT2D eigenvalue weighted by molar-refractivity contribution is -0.122. The summed E-state index contributed by atoms with van der Waals surface area (Å²) in [6.07, 6.45) is 2.77. The molecule has 0 bridgehead atoms. The highest BCUT2D eigenvalue weighted by atomic mass is 16.5. The normalized spacial score (nSPS) is 32.8. The number of morpholine rings is 1. The Labute approximate surface area is 185 Å². The molecule has 7 nitrogen and oxygen atoms in total. The first-order valence-corrected chi connectivity index (χ1v) is 11.6. The van der Waals surface area contributed by atoms with Crippen LogP contribution in [0.15, 0.2) is 24.3 Å². The summed E-state index contributed by atoms with van der Waals surface area (Å²) in [4.78, 5) is 16.5. The van der Waals surface area contributed by atoms with Crippen molar-refractivity contribution in [2.75, 3.05) is 39.5 Å². The number of aliphatic hydroxyl groups is 1. The lowest BCUT2D eigenvalue weighted by Crippen LogP contribution is -2.55. The van der Waals surface area contributed by atoms with E-state index in [0.29, 0.717) is 13.0 Å². The summed E-state index contributed by atoms with van der Waals surface area (Å²) in [6, 6.07) is 8.63. The largest absolute Gasteiger partial charge is 0.388 e. The highest BCUT2D eigenvalue weighted by Gasteiger charge is 2.44. The summed E-state index contributed by atoms with van der Waals surface area (Å²) in [7, 11) is 0. The smallest absolute Gasteiger partial charge is 0.217 e. The third kappa shape index (κ3) is 5.84. The fourth-order valence-corrected chi connectivity index (χ4v) is 5.23. The SMILES string of the molecule is CC(=O)N[C@@H]1CO[C@@H]2CCCN(Cc3cccc(CN4CCOCC4)c3)[C@@H]2C[C@@]1(C)O. The van der Waals surface area contributed by atoms with Gasteiger partial charge in [0.25, 0.3) is 0 Å². The second-order valence-corrected chi connectivity index (χ2v) is 9.57. The first-order valence-electron chi connectivity index (χ1n) is 11.6. The summed E-state index contributed by atoms with van der Waals surface area (Å²) in [6.45, 7) is 10.1. The fraction of sp³-hybridized carbons (Fsp3) is 0.708. The van der Waals surface area contributed by atoms with E-state index in [-0.39, 0.29) is 24.1 Å². The standard InChI is InChI=1S/C24H37N3O4/c1-18(28)25-23-17-31-22-7-4-8-27(21(22)14-24(23,2)29)16-20-6-3-5-19(13-20)15-26-9-11-30-12-10-26/h3,5-6,13,21-23,29H,4,7-12,14-17H2,1-2H3,(H,25,28)/t21-,22-,23-,24-/m1/s1. The number of carbonyl (C=O) groups excluding carboxylic acids is 1. The molecule has 3 fully saturated rings. The summed E-state index contributed by atoms with van der Waals surface area (Å²) < 4.78 is 11.7. The summed E-state index contributed by atoms with van der Waals surface area (Å²) in [5.74, 6) is -0.132. The number of ether oxygens (including phenoxy) is 2. The number of hydrogen-bond donors (Lipinski definition) is 2. The Morgan fingerprint density at radius 1 is 1.23 bits per heavy atom. The van der Waals surface area contributed by atoms with E-state index >= 15 is 0 Å². The van der Waals surface area contributed by atoms with Gasteiger partial charge in [-0.25, -0.2) is 0 Å². The van der Waals surface area contributed by atoms with Crippen molar-refractivity contribution in [3.8, 4) is 0 Å². The minimum atomic E-state index is -1.00. The number of likely N-dealkylation sites (tertiary alicyclic amines) is 1. The van der Waals surface area contributed by atoms with E-state index in [1.807, 2.05) is 6.92 Å². The van der Waals surface area contributed by atoms with Crippen LogP contribution in [0.5, 0.6) is 0 Å². The number of rotatable bonds is 5. The van der Waals surface area contributed by atoms with Crippen LogP contribution >= 0.6 is 0 Å². The molecule has 3 heterocycles. The van der Waals surface area contributed by atoms with Gasteiger partial charge in [0.1, 0.15) is 0 Å². The lowest BCUT2D eigenvalue weighted by atomic mass is 9.85. The maximum atomic E-state index is 11.6. The Morgan fingerprint density at radius 2 is 1.97 bits per heavy atom. The molecular formula is C24H37N3O4. The Morgan fingerprint density at radius 3 is 2.71 bits per heavy atom. The van der Waals surface area contributed by atoms with Crippen LogP contribution in [0.25, 0.3) is 0 Å². The molecular weight excluding hydrogens is 394 g/mol. The van der Waals surface area contributed by atoms with E-state index in [2.05, 4.69) is 39.4 Å². The van der Waals surface area contributed by atoms with Crippen LogP contribution in [-0.4, -0.2) is 84.1 Å². The molecule has 0 aliphatic carbocycles. The van der Waals surface area contributed by atoms with Gasteiger partial charge in [0, 0.05) is 39.1 Å². The molecule has 172 valence electrons. The van der Waals surface area contributed by atoms with Crippen LogP contribution in [0.4, 0.5) is 0 Å². The predicted octanol–water partition coefficient (Wildman–Crippen LogP) is 1.53. The van der Waals surface area contributed by atoms with Gasteiger partial charge in [0.05, 0.1) is 37.6 Å². The number of nitrogens with zero attached hydrogens (tertiary/aromatic N) is 2. The summed E-state index contributed by atoms with van der Waals surface area (Å²) in [5.41, 5.74) is 1.63. The van der Waals surface area contributed by atoms with Crippen LogP contribution < -0.4 is 5.32 Å². The molecule has 1 aromatic rings. The van der Waals surface area contributed by atoms with Crippen molar-refractivity contribution in [1.82, 2.24) is 15.1 Å². The highest BCUT2D eigenvalue weighted by Crippen LogP contribution is 2.33. The van der Waals surface area contributed by atoms with Gasteiger partial charge in [-0.1, -0.05) is 24.3 Å². The number of amides is 1. The molecule has 0 spiro atoms. The number of piperidine rings is 1. The third-order valence-electron chi connectivity index (χ3n) is 6.95. The molecule has 7 heteroatoms. The lowest BCUT2D eigenvalue weighted by Gasteiger charge is -2.42. The molecule has 3 aliphatic rings. The monoisotopic (exact) mass is 431 g/mol. The molecule has 3 saturated heterocycles. The van der Waals surface area contributed by atoms with Crippen molar-refractivity contribution in [1.29, 1.82) is 0 Å². The maximum Gasteiger partial charge on any atom is 0.217 e. The van der Waals surface area contributed by atoms with E-state index in [1.165, 1.54) is 18.1 Å². The van der Waals surface area contributed by atoms with Crippen LogP contribution in [0.1, 0.15) is 44.2 Å². The second-order valence-electron chi connectivity index (χ2n) is 9.57. The van der Waals surface area contributed by atoms with Gasteiger partial charge in [-0.05, 0) is 43.9 Å². The van der Waals surface area contributed by atoms with Crippen molar-refractivity contribution in [2.45, 2.75) is 70.0 Å². The first kappa shape index (κ1) is 22.7. The van der Waals surface area contributed by atoms with Crippen LogP contribution in [-0.2, 0) is 27.4 Å². The van der Waals surface area contributed by atoms with Gasteiger partial charge in [-0.15, -0.1) is 0 Å². The molecule has 0 aromatic heterocycles. The van der Waals surface area contributed by atoms with E-state index in [4.69, 9.17) is 9.47 Å². The molecule has 3 aliphatic heterocycles. The quantitative estimate of drug-likeness (QED) is 0.737. The zero-order chi connectivity index (χ0) is 21.8. The van der Waals surface area contributed by atoms with E-state index in [1.54, 1.807) is 0 Å². The van der Waals surface area contributed by atoms with Gasteiger partial charge >= 0.3 is 0 Å². The van der Waals surface area contributed by atoms with Crippen molar-refractivity contribution >= 4 is 5.91 Å². The van der Waals surface area contributed by atoms with Gasteiger partial charge in [-0.2, -0.15) is 0 Å². The van der Waals surface area contributed by atoms with E-state index < -0.39 is 5.60 Å². The van der Waals surface area contributed by atoms with Crippen molar-refractivity contribution in [2.24, 2.45) is 0 Å². The van der Waals surface area contributed by atoms with Crippen LogP contribution in [0.3, 0.4) is 0 Å². The molecule has 0 unspecified atom stereocenters. The summed E-state index contributed by atoms with van der Waals surface area (Å²) >= 11 is 0. The fourth-order valence-electron chi connectivity index (χ4n) is 5.23. The van der Waals surface area contributed by atoms with E-state index in [9.17, 15) is 9.90 Å². The van der Waals surface area contributed by atoms with Gasteiger partial charge in [-0.3, -0.25) is 14.6 Å². The van der Waals surface area contributed by atoms with Crippen molar-refractivity contribution in [3.05, 3.63) is 35.4 Å². The molecule has 0 radical (unpaired) electrons. The molecule has 4 atom stereocenters. The third-order valence-corrected chi connectivity index (χ3v) is 6.95. The predicted molar refractivity (Wildman–Crippen MR) is 119 cm³/mol. The summed E-state index contributed by atoms with van der Waals surface area (Å²) in [5, 5.41) is 14.1. The minimum absolute atomic E-state index is 0.0931. The number of nitrogens with one attached hydrogen (secondary N) is 1. The average Bonchev–Trinajstić information content (AvgIpc) is 2.85. The molecule has 2 N–H and O–H groups in total. The van der Waals surface area contributed by atoms with Gasteiger partial charge < -0.3 is 19.9 Å².